The quantitative estimate of drug-likeness (QED) is 0.924. The van der Waals surface area contributed by atoms with Crippen molar-refractivity contribution < 1.29 is 8.78 Å². The van der Waals surface area contributed by atoms with Crippen molar-refractivity contribution in [3.63, 3.8) is 0 Å². The summed E-state index contributed by atoms with van der Waals surface area (Å²) in [5.74, 6) is -0.988. The average Bonchev–Trinajstić information content (AvgIpc) is 2.39. The highest BCUT2D eigenvalue weighted by Gasteiger charge is 2.23. The van der Waals surface area contributed by atoms with E-state index in [9.17, 15) is 8.78 Å². The standard InChI is InChI=1S/C14H21F2N3.ClH/c1-11(13-3-2-12(15)10-14(13)16)19-8-6-18(5-4-17)7-9-19;/h2-3,10-11H,4-9,17H2,1H3;1H. The van der Waals surface area contributed by atoms with E-state index in [0.717, 1.165) is 38.8 Å². The Morgan fingerprint density at radius 3 is 2.40 bits per heavy atom. The van der Waals surface area contributed by atoms with Gasteiger partial charge >= 0.3 is 0 Å². The SMILES string of the molecule is CC(c1ccc(F)cc1F)N1CCN(CCN)CC1.Cl. The van der Waals surface area contributed by atoms with Crippen LogP contribution >= 0.6 is 12.4 Å². The molecule has 6 heteroatoms. The number of halogens is 3. The van der Waals surface area contributed by atoms with E-state index in [1.807, 2.05) is 6.92 Å². The van der Waals surface area contributed by atoms with E-state index < -0.39 is 11.6 Å². The van der Waals surface area contributed by atoms with Gasteiger partial charge in [-0.3, -0.25) is 9.80 Å². The van der Waals surface area contributed by atoms with Crippen LogP contribution in [0.25, 0.3) is 0 Å². The second-order valence-electron chi connectivity index (χ2n) is 5.01. The summed E-state index contributed by atoms with van der Waals surface area (Å²) in [6.07, 6.45) is 0. The van der Waals surface area contributed by atoms with Gasteiger partial charge in [-0.05, 0) is 13.0 Å². The van der Waals surface area contributed by atoms with E-state index in [0.29, 0.717) is 12.1 Å². The van der Waals surface area contributed by atoms with E-state index >= 15 is 0 Å². The van der Waals surface area contributed by atoms with Crippen molar-refractivity contribution in [1.82, 2.24) is 9.80 Å². The lowest BCUT2D eigenvalue weighted by molar-refractivity contribution is 0.103. The third-order valence-electron chi connectivity index (χ3n) is 3.81. The monoisotopic (exact) mass is 305 g/mol. The predicted octanol–water partition coefficient (Wildman–Crippen LogP) is 2.02. The third kappa shape index (κ3) is 4.12. The molecule has 3 nitrogen and oxygen atoms in total. The van der Waals surface area contributed by atoms with Crippen LogP contribution in [0.5, 0.6) is 0 Å². The zero-order valence-corrected chi connectivity index (χ0v) is 12.5. The molecule has 114 valence electrons. The van der Waals surface area contributed by atoms with Gasteiger partial charge in [-0.25, -0.2) is 8.78 Å². The van der Waals surface area contributed by atoms with Crippen LogP contribution in [0, 0.1) is 11.6 Å². The molecular weight excluding hydrogens is 284 g/mol. The first-order valence-electron chi connectivity index (χ1n) is 6.73. The summed E-state index contributed by atoms with van der Waals surface area (Å²) in [5, 5.41) is 0. The van der Waals surface area contributed by atoms with Crippen molar-refractivity contribution in [3.05, 3.63) is 35.4 Å². The highest BCUT2D eigenvalue weighted by molar-refractivity contribution is 5.85. The molecular formula is C14H22ClF2N3. The molecule has 0 spiro atoms. The minimum absolute atomic E-state index is 0. The zero-order chi connectivity index (χ0) is 13.8. The van der Waals surface area contributed by atoms with Gasteiger partial charge in [0.15, 0.2) is 0 Å². The molecule has 1 saturated heterocycles. The van der Waals surface area contributed by atoms with Crippen LogP contribution in [0.15, 0.2) is 18.2 Å². The second kappa shape index (κ2) is 7.88. The Bertz CT molecular complexity index is 423. The highest BCUT2D eigenvalue weighted by Crippen LogP contribution is 2.24. The van der Waals surface area contributed by atoms with Crippen molar-refractivity contribution in [2.24, 2.45) is 5.73 Å². The fraction of sp³-hybridized carbons (Fsp3) is 0.571. The van der Waals surface area contributed by atoms with Gasteiger partial charge in [-0.1, -0.05) is 6.07 Å². The summed E-state index contributed by atoms with van der Waals surface area (Å²) in [7, 11) is 0. The maximum atomic E-state index is 13.8. The molecule has 2 N–H and O–H groups in total. The summed E-state index contributed by atoms with van der Waals surface area (Å²) in [6.45, 7) is 7.22. The molecule has 0 aliphatic carbocycles. The molecule has 1 atom stereocenters. The molecule has 1 unspecified atom stereocenters. The highest BCUT2D eigenvalue weighted by atomic mass is 35.5. The summed E-state index contributed by atoms with van der Waals surface area (Å²) in [6, 6.07) is 3.79. The molecule has 2 rings (SSSR count). The van der Waals surface area contributed by atoms with Crippen LogP contribution in [0.4, 0.5) is 8.78 Å². The van der Waals surface area contributed by atoms with E-state index in [2.05, 4.69) is 9.80 Å². The van der Waals surface area contributed by atoms with E-state index in [-0.39, 0.29) is 18.4 Å². The molecule has 0 saturated carbocycles. The minimum Gasteiger partial charge on any atom is -0.329 e. The van der Waals surface area contributed by atoms with E-state index in [1.54, 1.807) is 6.07 Å². The number of piperazine rings is 1. The van der Waals surface area contributed by atoms with Crippen molar-refractivity contribution in [2.75, 3.05) is 39.3 Å². The van der Waals surface area contributed by atoms with Crippen LogP contribution in [0.2, 0.25) is 0 Å². The number of nitrogens with zero attached hydrogens (tertiary/aromatic N) is 2. The van der Waals surface area contributed by atoms with Crippen molar-refractivity contribution in [1.29, 1.82) is 0 Å². The first-order valence-corrected chi connectivity index (χ1v) is 6.73. The van der Waals surface area contributed by atoms with Crippen LogP contribution in [0.3, 0.4) is 0 Å². The van der Waals surface area contributed by atoms with E-state index in [4.69, 9.17) is 5.73 Å². The molecule has 1 heterocycles. The number of hydrogen-bond acceptors (Lipinski definition) is 3. The van der Waals surface area contributed by atoms with Crippen molar-refractivity contribution in [3.8, 4) is 0 Å². The van der Waals surface area contributed by atoms with Gasteiger partial charge in [-0.2, -0.15) is 0 Å². The molecule has 0 aromatic heterocycles. The lowest BCUT2D eigenvalue weighted by Crippen LogP contribution is -2.48. The molecule has 20 heavy (non-hydrogen) atoms. The van der Waals surface area contributed by atoms with Crippen LogP contribution < -0.4 is 5.73 Å². The van der Waals surface area contributed by atoms with Crippen LogP contribution in [0.1, 0.15) is 18.5 Å². The normalized spacial score (nSPS) is 18.6. The zero-order valence-electron chi connectivity index (χ0n) is 11.7. The number of benzene rings is 1. The van der Waals surface area contributed by atoms with Gasteiger partial charge in [0, 0.05) is 56.9 Å². The topological polar surface area (TPSA) is 32.5 Å². The van der Waals surface area contributed by atoms with Gasteiger partial charge in [0.05, 0.1) is 0 Å². The summed E-state index contributed by atoms with van der Waals surface area (Å²) in [5.41, 5.74) is 6.10. The largest absolute Gasteiger partial charge is 0.329 e. The molecule has 1 aliphatic rings. The van der Waals surface area contributed by atoms with Gasteiger partial charge in [0.2, 0.25) is 0 Å². The molecule has 1 aromatic rings. The lowest BCUT2D eigenvalue weighted by Gasteiger charge is -2.38. The van der Waals surface area contributed by atoms with Gasteiger partial charge < -0.3 is 5.73 Å². The summed E-state index contributed by atoms with van der Waals surface area (Å²) < 4.78 is 26.7. The first-order chi connectivity index (χ1) is 9.11. The summed E-state index contributed by atoms with van der Waals surface area (Å²) >= 11 is 0. The smallest absolute Gasteiger partial charge is 0.130 e. The molecule has 1 aliphatic heterocycles. The van der Waals surface area contributed by atoms with Gasteiger partial charge in [0.25, 0.3) is 0 Å². The summed E-state index contributed by atoms with van der Waals surface area (Å²) in [4.78, 5) is 4.54. The fourth-order valence-electron chi connectivity index (χ4n) is 2.59. The number of rotatable bonds is 4. The van der Waals surface area contributed by atoms with Crippen LogP contribution in [-0.2, 0) is 0 Å². The molecule has 0 bridgehead atoms. The Morgan fingerprint density at radius 1 is 1.20 bits per heavy atom. The molecule has 1 fully saturated rings. The second-order valence-corrected chi connectivity index (χ2v) is 5.01. The van der Waals surface area contributed by atoms with Crippen LogP contribution in [-0.4, -0.2) is 49.1 Å². The van der Waals surface area contributed by atoms with E-state index in [1.165, 1.54) is 6.07 Å². The molecule has 0 radical (unpaired) electrons. The maximum absolute atomic E-state index is 13.8. The Morgan fingerprint density at radius 2 is 1.85 bits per heavy atom. The Labute approximate surface area is 125 Å². The Balaban J connectivity index is 0.00000200. The number of nitrogens with two attached hydrogens (primary N) is 1. The first kappa shape index (κ1) is 17.3. The van der Waals surface area contributed by atoms with Crippen molar-refractivity contribution >= 4 is 12.4 Å². The Hall–Kier alpha value is -0.750. The Kier molecular flexibility index (Phi) is 6.82. The predicted molar refractivity (Wildman–Crippen MR) is 79.1 cm³/mol. The van der Waals surface area contributed by atoms with Gasteiger partial charge in [0.1, 0.15) is 11.6 Å². The maximum Gasteiger partial charge on any atom is 0.130 e. The molecule has 1 aromatic carbocycles. The third-order valence-corrected chi connectivity index (χ3v) is 3.81. The van der Waals surface area contributed by atoms with Crippen molar-refractivity contribution in [2.45, 2.75) is 13.0 Å². The molecule has 0 amide bonds. The fourth-order valence-corrected chi connectivity index (χ4v) is 2.59. The minimum atomic E-state index is -0.527. The lowest BCUT2D eigenvalue weighted by atomic mass is 10.1. The number of hydrogen-bond donors (Lipinski definition) is 1. The average molecular weight is 306 g/mol. The van der Waals surface area contributed by atoms with Gasteiger partial charge in [-0.15, -0.1) is 12.4 Å².